The van der Waals surface area contributed by atoms with Gasteiger partial charge in [0.25, 0.3) is 0 Å². The molecule has 1 saturated heterocycles. The van der Waals surface area contributed by atoms with Crippen molar-refractivity contribution in [2.45, 2.75) is 19.4 Å². The number of nitrogens with two attached hydrogens (primary N) is 1. The van der Waals surface area contributed by atoms with E-state index in [1.165, 1.54) is 0 Å². The fourth-order valence-electron chi connectivity index (χ4n) is 2.61. The number of rotatable bonds is 4. The van der Waals surface area contributed by atoms with E-state index >= 15 is 0 Å². The van der Waals surface area contributed by atoms with Crippen LogP contribution in [0.5, 0.6) is 5.75 Å². The van der Waals surface area contributed by atoms with Gasteiger partial charge in [-0.2, -0.15) is 0 Å². The predicted octanol–water partition coefficient (Wildman–Crippen LogP) is 1.48. The van der Waals surface area contributed by atoms with Crippen LogP contribution in [0.15, 0.2) is 18.2 Å². The molecule has 1 heterocycles. The molecule has 0 spiro atoms. The summed E-state index contributed by atoms with van der Waals surface area (Å²) in [6, 6.07) is 5.74. The molecule has 1 aromatic rings. The van der Waals surface area contributed by atoms with Crippen molar-refractivity contribution in [1.29, 1.82) is 0 Å². The molecule has 0 aromatic heterocycles. The molecule has 1 fully saturated rings. The Morgan fingerprint density at radius 1 is 1.50 bits per heavy atom. The third-order valence-corrected chi connectivity index (χ3v) is 3.56. The lowest BCUT2D eigenvalue weighted by atomic mass is 9.98. The number of methoxy groups -OCH3 is 1. The maximum Gasteiger partial charge on any atom is 0.123 e. The summed E-state index contributed by atoms with van der Waals surface area (Å²) in [7, 11) is 1.68. The minimum atomic E-state index is 0.282. The van der Waals surface area contributed by atoms with Gasteiger partial charge in [-0.1, -0.05) is 0 Å². The van der Waals surface area contributed by atoms with Crippen molar-refractivity contribution in [2.24, 2.45) is 5.92 Å². The van der Waals surface area contributed by atoms with Crippen LogP contribution in [0.25, 0.3) is 0 Å². The highest BCUT2D eigenvalue weighted by Gasteiger charge is 2.20. The van der Waals surface area contributed by atoms with Gasteiger partial charge in [-0.15, -0.1) is 0 Å². The van der Waals surface area contributed by atoms with Crippen molar-refractivity contribution in [1.82, 2.24) is 4.90 Å². The summed E-state index contributed by atoms with van der Waals surface area (Å²) in [4.78, 5) is 2.36. The molecule has 0 aliphatic carbocycles. The second-order valence-electron chi connectivity index (χ2n) is 5.00. The van der Waals surface area contributed by atoms with Gasteiger partial charge >= 0.3 is 0 Å². The number of benzene rings is 1. The summed E-state index contributed by atoms with van der Waals surface area (Å²) in [5.74, 6) is 1.29. The lowest BCUT2D eigenvalue weighted by Crippen LogP contribution is -2.36. The van der Waals surface area contributed by atoms with Crippen LogP contribution in [-0.4, -0.2) is 36.8 Å². The van der Waals surface area contributed by atoms with Crippen LogP contribution in [0.4, 0.5) is 5.69 Å². The molecule has 1 aliphatic heterocycles. The zero-order valence-electron chi connectivity index (χ0n) is 10.9. The second-order valence-corrected chi connectivity index (χ2v) is 5.00. The smallest absolute Gasteiger partial charge is 0.123 e. The standard InChI is InChI=1S/C14H22N2O2/c1-18-14-5-4-13(15)7-12(14)9-16-6-2-3-11(8-16)10-17/h4-5,7,11,17H,2-3,6,8-10,15H2,1H3. The van der Waals surface area contributed by atoms with E-state index in [9.17, 15) is 5.11 Å². The zero-order valence-corrected chi connectivity index (χ0v) is 10.9. The third kappa shape index (κ3) is 3.15. The number of anilines is 1. The van der Waals surface area contributed by atoms with Crippen LogP contribution in [0.2, 0.25) is 0 Å². The van der Waals surface area contributed by atoms with E-state index < -0.39 is 0 Å². The molecule has 0 saturated carbocycles. The average Bonchev–Trinajstić information content (AvgIpc) is 2.39. The van der Waals surface area contributed by atoms with Crippen LogP contribution in [0.1, 0.15) is 18.4 Å². The van der Waals surface area contributed by atoms with E-state index in [0.717, 1.165) is 49.5 Å². The topological polar surface area (TPSA) is 58.7 Å². The monoisotopic (exact) mass is 250 g/mol. The number of nitrogens with zero attached hydrogens (tertiary/aromatic N) is 1. The molecule has 0 radical (unpaired) electrons. The molecular weight excluding hydrogens is 228 g/mol. The Bertz CT molecular complexity index is 395. The minimum Gasteiger partial charge on any atom is -0.496 e. The molecule has 1 aromatic carbocycles. The number of nitrogen functional groups attached to an aromatic ring is 1. The predicted molar refractivity (Wildman–Crippen MR) is 72.5 cm³/mol. The summed E-state index contributed by atoms with van der Waals surface area (Å²) >= 11 is 0. The van der Waals surface area contributed by atoms with Crippen molar-refractivity contribution in [2.75, 3.05) is 32.5 Å². The highest BCUT2D eigenvalue weighted by molar-refractivity contribution is 5.47. The van der Waals surface area contributed by atoms with Gasteiger partial charge in [-0.3, -0.25) is 4.90 Å². The Kier molecular flexibility index (Phi) is 4.44. The molecule has 1 aliphatic rings. The minimum absolute atomic E-state index is 0.282. The van der Waals surface area contributed by atoms with Gasteiger partial charge in [0.05, 0.1) is 7.11 Å². The van der Waals surface area contributed by atoms with Crippen LogP contribution in [0, 0.1) is 5.92 Å². The molecule has 3 N–H and O–H groups in total. The van der Waals surface area contributed by atoms with E-state index in [1.54, 1.807) is 7.11 Å². The van der Waals surface area contributed by atoms with Crippen molar-refractivity contribution < 1.29 is 9.84 Å². The maximum atomic E-state index is 9.25. The van der Waals surface area contributed by atoms with Gasteiger partial charge in [0.15, 0.2) is 0 Å². The number of likely N-dealkylation sites (tertiary alicyclic amines) is 1. The number of aliphatic hydroxyl groups is 1. The Morgan fingerprint density at radius 2 is 2.33 bits per heavy atom. The normalized spacial score (nSPS) is 20.9. The van der Waals surface area contributed by atoms with Crippen LogP contribution < -0.4 is 10.5 Å². The van der Waals surface area contributed by atoms with Crippen LogP contribution in [0.3, 0.4) is 0 Å². The summed E-state index contributed by atoms with van der Waals surface area (Å²) in [5, 5.41) is 9.25. The first-order chi connectivity index (χ1) is 8.72. The van der Waals surface area contributed by atoms with E-state index in [4.69, 9.17) is 10.5 Å². The Balaban J connectivity index is 2.06. The summed E-state index contributed by atoms with van der Waals surface area (Å²) in [5.41, 5.74) is 7.71. The van der Waals surface area contributed by atoms with Gasteiger partial charge in [0.2, 0.25) is 0 Å². The number of aliphatic hydroxyl groups excluding tert-OH is 1. The quantitative estimate of drug-likeness (QED) is 0.795. The van der Waals surface area contributed by atoms with E-state index in [0.29, 0.717) is 5.92 Å². The number of piperidine rings is 1. The van der Waals surface area contributed by atoms with E-state index in [1.807, 2.05) is 18.2 Å². The molecule has 18 heavy (non-hydrogen) atoms. The second kappa shape index (κ2) is 6.07. The molecule has 1 unspecified atom stereocenters. The Morgan fingerprint density at radius 3 is 3.06 bits per heavy atom. The van der Waals surface area contributed by atoms with E-state index in [-0.39, 0.29) is 6.61 Å². The Hall–Kier alpha value is -1.26. The third-order valence-electron chi connectivity index (χ3n) is 3.56. The molecule has 4 nitrogen and oxygen atoms in total. The average molecular weight is 250 g/mol. The SMILES string of the molecule is COc1ccc(N)cc1CN1CCCC(CO)C1. The number of hydrogen-bond acceptors (Lipinski definition) is 4. The first-order valence-corrected chi connectivity index (χ1v) is 6.48. The van der Waals surface area contributed by atoms with Crippen molar-refractivity contribution >= 4 is 5.69 Å². The summed E-state index contributed by atoms with van der Waals surface area (Å²) in [6.07, 6.45) is 2.27. The molecule has 100 valence electrons. The van der Waals surface area contributed by atoms with Crippen molar-refractivity contribution in [3.63, 3.8) is 0 Å². The molecular formula is C14H22N2O2. The summed E-state index contributed by atoms with van der Waals surface area (Å²) in [6.45, 7) is 3.15. The van der Waals surface area contributed by atoms with Crippen molar-refractivity contribution in [3.8, 4) is 5.75 Å². The zero-order chi connectivity index (χ0) is 13.0. The largest absolute Gasteiger partial charge is 0.496 e. The van der Waals surface area contributed by atoms with Crippen LogP contribution >= 0.6 is 0 Å². The van der Waals surface area contributed by atoms with Crippen molar-refractivity contribution in [3.05, 3.63) is 23.8 Å². The van der Waals surface area contributed by atoms with Gasteiger partial charge in [0.1, 0.15) is 5.75 Å². The van der Waals surface area contributed by atoms with Gasteiger partial charge in [-0.05, 0) is 43.5 Å². The highest BCUT2D eigenvalue weighted by atomic mass is 16.5. The molecule has 2 rings (SSSR count). The number of hydrogen-bond donors (Lipinski definition) is 2. The molecule has 4 heteroatoms. The first kappa shape index (κ1) is 13.2. The highest BCUT2D eigenvalue weighted by Crippen LogP contribution is 2.25. The fraction of sp³-hybridized carbons (Fsp3) is 0.571. The molecule has 0 amide bonds. The van der Waals surface area contributed by atoms with Gasteiger partial charge in [-0.25, -0.2) is 0 Å². The van der Waals surface area contributed by atoms with Gasteiger partial charge < -0.3 is 15.6 Å². The summed E-state index contributed by atoms with van der Waals surface area (Å²) < 4.78 is 5.36. The first-order valence-electron chi connectivity index (χ1n) is 6.48. The molecule has 1 atom stereocenters. The van der Waals surface area contributed by atoms with Gasteiger partial charge in [0, 0.05) is 30.9 Å². The van der Waals surface area contributed by atoms with E-state index in [2.05, 4.69) is 4.90 Å². The van der Waals surface area contributed by atoms with Crippen LogP contribution in [-0.2, 0) is 6.54 Å². The fourth-order valence-corrected chi connectivity index (χ4v) is 2.61. The molecule has 0 bridgehead atoms. The lowest BCUT2D eigenvalue weighted by Gasteiger charge is -2.32. The lowest BCUT2D eigenvalue weighted by molar-refractivity contribution is 0.115. The Labute approximate surface area is 108 Å². The maximum absolute atomic E-state index is 9.25. The number of ether oxygens (including phenoxy) is 1.